The molecule has 1 aliphatic heterocycles. The van der Waals surface area contributed by atoms with Crippen molar-refractivity contribution in [1.29, 1.82) is 0 Å². The van der Waals surface area contributed by atoms with E-state index in [-0.39, 0.29) is 59.5 Å². The molecule has 2 aliphatic rings. The van der Waals surface area contributed by atoms with Crippen molar-refractivity contribution >= 4 is 27.3 Å². The van der Waals surface area contributed by atoms with Crippen LogP contribution in [0.5, 0.6) is 0 Å². The molecule has 4 rings (SSSR count). The van der Waals surface area contributed by atoms with Gasteiger partial charge in [-0.3, -0.25) is 4.79 Å². The zero-order valence-corrected chi connectivity index (χ0v) is 24.7. The molecule has 0 radical (unpaired) electrons. The number of nitrogens with one attached hydrogen (secondary N) is 2. The number of amides is 1. The first-order chi connectivity index (χ1) is 18.9. The predicted molar refractivity (Wildman–Crippen MR) is 145 cm³/mol. The average Bonchev–Trinajstić information content (AvgIpc) is 3.27. The summed E-state index contributed by atoms with van der Waals surface area (Å²) in [6, 6.07) is 2.78. The number of benzene rings is 1. The van der Waals surface area contributed by atoms with Gasteiger partial charge in [-0.25, -0.2) is 26.9 Å². The summed E-state index contributed by atoms with van der Waals surface area (Å²) in [4.78, 5) is 16.9. The predicted octanol–water partition coefficient (Wildman–Crippen LogP) is 6.18. The molecular formula is C27H34F5N3O4S2. The summed E-state index contributed by atoms with van der Waals surface area (Å²) < 4.78 is 103. The number of nitrogens with zero attached hydrogens (tertiary/aromatic N) is 1. The van der Waals surface area contributed by atoms with Crippen LogP contribution in [0.1, 0.15) is 80.4 Å². The van der Waals surface area contributed by atoms with Gasteiger partial charge in [-0.15, -0.1) is 11.3 Å². The molecule has 2 heterocycles. The molecule has 1 amide bonds. The van der Waals surface area contributed by atoms with Crippen LogP contribution < -0.4 is 10.0 Å². The van der Waals surface area contributed by atoms with Crippen molar-refractivity contribution in [2.24, 2.45) is 5.92 Å². The maximum absolute atomic E-state index is 14.2. The number of hydrogen-bond donors (Lipinski definition) is 2. The quantitative estimate of drug-likeness (QED) is 0.359. The van der Waals surface area contributed by atoms with E-state index in [9.17, 15) is 35.2 Å². The minimum Gasteiger partial charge on any atom is -0.381 e. The van der Waals surface area contributed by atoms with Gasteiger partial charge in [0.25, 0.3) is 5.91 Å². The molecule has 1 aliphatic carbocycles. The first-order valence-electron chi connectivity index (χ1n) is 13.5. The number of alkyl halides is 5. The highest BCUT2D eigenvalue weighted by Crippen LogP contribution is 2.42. The molecule has 1 saturated heterocycles. The lowest BCUT2D eigenvalue weighted by Gasteiger charge is -2.28. The minimum absolute atomic E-state index is 0.0438. The second-order valence-electron chi connectivity index (χ2n) is 11.7. The summed E-state index contributed by atoms with van der Waals surface area (Å²) >= 11 is 0.905. The summed E-state index contributed by atoms with van der Waals surface area (Å²) in [7, 11) is -4.53. The molecule has 2 N–H and O–H groups in total. The number of sulfonamides is 1. The molecule has 14 heteroatoms. The third-order valence-electron chi connectivity index (χ3n) is 7.04. The molecule has 1 aromatic heterocycles. The van der Waals surface area contributed by atoms with E-state index >= 15 is 0 Å². The molecule has 0 unspecified atom stereocenters. The van der Waals surface area contributed by atoms with Crippen LogP contribution >= 0.6 is 11.3 Å². The van der Waals surface area contributed by atoms with Gasteiger partial charge in [-0.05, 0) is 76.5 Å². The second kappa shape index (κ2) is 11.8. The van der Waals surface area contributed by atoms with Gasteiger partial charge in [-0.1, -0.05) is 6.07 Å². The zero-order chi connectivity index (χ0) is 30.2. The van der Waals surface area contributed by atoms with Gasteiger partial charge in [0.05, 0.1) is 21.0 Å². The number of halogens is 5. The van der Waals surface area contributed by atoms with Crippen LogP contribution in [0.3, 0.4) is 0 Å². The van der Waals surface area contributed by atoms with Crippen LogP contribution in [0.15, 0.2) is 23.1 Å². The summed E-state index contributed by atoms with van der Waals surface area (Å²) in [5.74, 6) is -3.41. The molecule has 0 bridgehead atoms. The topological polar surface area (TPSA) is 97.4 Å². The van der Waals surface area contributed by atoms with Crippen LogP contribution in [0.25, 0.3) is 10.4 Å². The molecule has 1 saturated carbocycles. The molecule has 228 valence electrons. The van der Waals surface area contributed by atoms with Crippen LogP contribution in [-0.4, -0.2) is 50.0 Å². The van der Waals surface area contributed by atoms with E-state index in [2.05, 4.69) is 15.0 Å². The Hall–Kier alpha value is -2.16. The fourth-order valence-corrected chi connectivity index (χ4v) is 7.68. The average molecular weight is 624 g/mol. The maximum Gasteiger partial charge on any atom is 0.417 e. The molecule has 41 heavy (non-hydrogen) atoms. The summed E-state index contributed by atoms with van der Waals surface area (Å²) in [5.41, 5.74) is -1.99. The number of hydrogen-bond acceptors (Lipinski definition) is 6. The standard InChI is InChI=1S/C27H34F5N3O4S2/c1-25(2,3)35-41(37,38)21-5-4-17(15-19(21)27(30,31)32)22-20(14-16-6-10-26(28,29)11-7-16)34-24(40-22)23(36)33-18-8-12-39-13-9-18/h4-5,15-16,18,35H,6-14H2,1-3H3,(H,33,36). The Bertz CT molecular complexity index is 1350. The van der Waals surface area contributed by atoms with E-state index < -0.39 is 44.0 Å². The van der Waals surface area contributed by atoms with Gasteiger partial charge in [0.1, 0.15) is 0 Å². The maximum atomic E-state index is 14.2. The molecule has 2 aromatic rings. The van der Waals surface area contributed by atoms with Crippen LogP contribution in [0.2, 0.25) is 0 Å². The van der Waals surface area contributed by atoms with E-state index in [1.54, 1.807) is 0 Å². The van der Waals surface area contributed by atoms with E-state index in [0.29, 0.717) is 31.7 Å². The van der Waals surface area contributed by atoms with Gasteiger partial charge >= 0.3 is 6.18 Å². The number of thiazole rings is 1. The summed E-state index contributed by atoms with van der Waals surface area (Å²) in [6.45, 7) is 5.54. The normalized spacial score (nSPS) is 19.3. The highest BCUT2D eigenvalue weighted by Gasteiger charge is 2.39. The van der Waals surface area contributed by atoms with Gasteiger partial charge in [0.15, 0.2) is 5.01 Å². The summed E-state index contributed by atoms with van der Waals surface area (Å²) in [6.07, 6.45) is -3.71. The fourth-order valence-electron chi connectivity index (χ4n) is 5.06. The Balaban J connectivity index is 1.73. The first kappa shape index (κ1) is 31.8. The van der Waals surface area contributed by atoms with Crippen molar-refractivity contribution in [3.05, 3.63) is 34.5 Å². The van der Waals surface area contributed by atoms with E-state index in [1.165, 1.54) is 26.8 Å². The highest BCUT2D eigenvalue weighted by molar-refractivity contribution is 7.89. The fraction of sp³-hybridized carbons (Fsp3) is 0.630. The molecular weight excluding hydrogens is 589 g/mol. The second-order valence-corrected chi connectivity index (χ2v) is 14.4. The molecule has 7 nitrogen and oxygen atoms in total. The number of aromatic nitrogens is 1. The summed E-state index contributed by atoms with van der Waals surface area (Å²) in [5, 5.41) is 2.93. The van der Waals surface area contributed by atoms with E-state index in [0.717, 1.165) is 23.5 Å². The van der Waals surface area contributed by atoms with E-state index in [1.807, 2.05) is 0 Å². The number of carbonyl (C=O) groups excluding carboxylic acids is 1. The lowest BCUT2D eigenvalue weighted by atomic mass is 9.83. The lowest BCUT2D eigenvalue weighted by molar-refractivity contribution is -0.139. The van der Waals surface area contributed by atoms with Crippen molar-refractivity contribution in [2.45, 2.75) is 94.3 Å². The number of carbonyl (C=O) groups is 1. The Morgan fingerprint density at radius 1 is 1.10 bits per heavy atom. The molecule has 0 atom stereocenters. The Kier molecular flexibility index (Phi) is 9.18. The molecule has 1 aromatic carbocycles. The van der Waals surface area contributed by atoms with Crippen LogP contribution in [-0.2, 0) is 27.4 Å². The zero-order valence-electron chi connectivity index (χ0n) is 23.0. The first-order valence-corrected chi connectivity index (χ1v) is 15.8. The van der Waals surface area contributed by atoms with Gasteiger partial charge in [0.2, 0.25) is 15.9 Å². The van der Waals surface area contributed by atoms with Crippen molar-refractivity contribution in [2.75, 3.05) is 13.2 Å². The largest absolute Gasteiger partial charge is 0.417 e. The van der Waals surface area contributed by atoms with Crippen molar-refractivity contribution in [1.82, 2.24) is 15.0 Å². The van der Waals surface area contributed by atoms with Gasteiger partial charge in [-0.2, -0.15) is 13.2 Å². The van der Waals surface area contributed by atoms with Crippen LogP contribution in [0.4, 0.5) is 22.0 Å². The Morgan fingerprint density at radius 3 is 2.32 bits per heavy atom. The minimum atomic E-state index is -5.00. The third-order valence-corrected chi connectivity index (χ3v) is 10.0. The number of ether oxygens (including phenoxy) is 1. The number of rotatable bonds is 7. The van der Waals surface area contributed by atoms with Crippen molar-refractivity contribution < 1.29 is 39.9 Å². The van der Waals surface area contributed by atoms with Crippen molar-refractivity contribution in [3.63, 3.8) is 0 Å². The molecule has 2 fully saturated rings. The third kappa shape index (κ3) is 8.23. The van der Waals surface area contributed by atoms with Gasteiger partial charge < -0.3 is 10.1 Å². The molecule has 0 spiro atoms. The SMILES string of the molecule is CC(C)(C)NS(=O)(=O)c1ccc(-c2sc(C(=O)NC3CCOCC3)nc2CC2CCC(F)(F)CC2)cc1C(F)(F)F. The van der Waals surface area contributed by atoms with Crippen LogP contribution in [0, 0.1) is 5.92 Å². The van der Waals surface area contributed by atoms with E-state index in [4.69, 9.17) is 4.74 Å². The smallest absolute Gasteiger partial charge is 0.381 e. The monoisotopic (exact) mass is 623 g/mol. The highest BCUT2D eigenvalue weighted by atomic mass is 32.2. The van der Waals surface area contributed by atoms with Gasteiger partial charge in [0, 0.05) is 37.6 Å². The Morgan fingerprint density at radius 2 is 1.73 bits per heavy atom. The van der Waals surface area contributed by atoms with Crippen molar-refractivity contribution in [3.8, 4) is 10.4 Å². The lowest BCUT2D eigenvalue weighted by Crippen LogP contribution is -2.41. The Labute approximate surface area is 240 Å².